The molecule has 0 spiro atoms. The molecule has 1 unspecified atom stereocenters. The Morgan fingerprint density at radius 1 is 0.944 bits per heavy atom. The van der Waals surface area contributed by atoms with Crippen molar-refractivity contribution in [1.29, 1.82) is 0 Å². The van der Waals surface area contributed by atoms with E-state index < -0.39 is 19.2 Å². The van der Waals surface area contributed by atoms with Gasteiger partial charge in [-0.25, -0.2) is 0 Å². The summed E-state index contributed by atoms with van der Waals surface area (Å²) in [5.41, 5.74) is 1.08. The van der Waals surface area contributed by atoms with Crippen LogP contribution in [0.2, 0.25) is 0 Å². The Kier molecular flexibility index (Phi) is 3.84. The molecule has 0 fully saturated rings. The number of methoxy groups -OCH3 is 1. The Balaban J connectivity index is 2.40. The van der Waals surface area contributed by atoms with E-state index in [1.807, 2.05) is 19.1 Å². The van der Waals surface area contributed by atoms with Crippen LogP contribution in [0.5, 0.6) is 5.75 Å². The number of ether oxygens (including phenoxy) is 1. The zero-order valence-corrected chi connectivity index (χ0v) is 12.9. The van der Waals surface area contributed by atoms with E-state index in [0.717, 1.165) is 5.56 Å². The fourth-order valence-electron chi connectivity index (χ4n) is 1.68. The standard InChI is InChI=1S/C7H7O.C7H7.H2O.O.Sb/c1-8-7-5-3-2-4-6-7;1-7-5-3-2-4-6-7;;;/h3-6H,1H3;3-6H,1H3;1H2;;/q;;;;+1/p-1. The molecule has 3 nitrogen and oxygen atoms in total. The van der Waals surface area contributed by atoms with Crippen LogP contribution in [0.1, 0.15) is 5.56 Å². The zero-order valence-electron chi connectivity index (χ0n) is 10.3. The summed E-state index contributed by atoms with van der Waals surface area (Å²) < 4.78 is 28.9. The number of aryl methyl sites for hydroxylation is 1. The Hall–Kier alpha value is -1.18. The maximum absolute atomic E-state index is 12.5. The first-order chi connectivity index (χ1) is 8.54. The van der Waals surface area contributed by atoms with Gasteiger partial charge >= 0.3 is 111 Å². The minimum absolute atomic E-state index is 0.498. The van der Waals surface area contributed by atoms with Gasteiger partial charge in [-0.3, -0.25) is 0 Å². The summed E-state index contributed by atoms with van der Waals surface area (Å²) >= 11 is -4.52. The Labute approximate surface area is 111 Å². The second-order valence-electron chi connectivity index (χ2n) is 4.11. The third kappa shape index (κ3) is 2.63. The monoisotopic (exact) mass is 352 g/mol. The van der Waals surface area contributed by atoms with E-state index >= 15 is 0 Å². The van der Waals surface area contributed by atoms with E-state index in [9.17, 15) is 6.40 Å². The van der Waals surface area contributed by atoms with Gasteiger partial charge in [-0.15, -0.1) is 0 Å². The van der Waals surface area contributed by atoms with Crippen molar-refractivity contribution in [3.8, 4) is 5.75 Å². The molecule has 0 saturated heterocycles. The predicted molar refractivity (Wildman–Crippen MR) is 72.1 cm³/mol. The van der Waals surface area contributed by atoms with Gasteiger partial charge in [0.1, 0.15) is 0 Å². The summed E-state index contributed by atoms with van der Waals surface area (Å²) in [5, 5.41) is 0. The van der Waals surface area contributed by atoms with Gasteiger partial charge in [0.15, 0.2) is 0 Å². The minimum atomic E-state index is -4.52. The van der Waals surface area contributed by atoms with Gasteiger partial charge in [0, 0.05) is 0 Å². The summed E-state index contributed by atoms with van der Waals surface area (Å²) in [6, 6.07) is 13.9. The van der Waals surface area contributed by atoms with E-state index in [2.05, 4.69) is 0 Å². The SMILES string of the molecule is COc1cc[c]([Sb](=[O])([OH])[c]2ccc(C)cc2)cc1. The van der Waals surface area contributed by atoms with Crippen LogP contribution in [0.4, 0.5) is 0 Å². The van der Waals surface area contributed by atoms with Gasteiger partial charge in [-0.05, 0) is 0 Å². The zero-order chi connectivity index (χ0) is 13.2. The number of benzene rings is 2. The predicted octanol–water partition coefficient (Wildman–Crippen LogP) is 0.983. The van der Waals surface area contributed by atoms with Gasteiger partial charge in [0.05, 0.1) is 0 Å². The van der Waals surface area contributed by atoms with Crippen LogP contribution in [-0.2, 0) is 3.02 Å². The molecule has 0 saturated carbocycles. The van der Waals surface area contributed by atoms with E-state index in [0.29, 0.717) is 12.8 Å². The second kappa shape index (κ2) is 5.21. The van der Waals surface area contributed by atoms with Crippen LogP contribution in [0, 0.1) is 6.92 Å². The molecule has 2 aromatic carbocycles. The van der Waals surface area contributed by atoms with Crippen molar-refractivity contribution in [2.45, 2.75) is 6.92 Å². The summed E-state index contributed by atoms with van der Waals surface area (Å²) in [6.07, 6.45) is 0. The molecular weight excluding hydrogens is 338 g/mol. The molecule has 4 heteroatoms. The molecule has 0 bridgehead atoms. The summed E-state index contributed by atoms with van der Waals surface area (Å²) in [5.74, 6) is 0.683. The van der Waals surface area contributed by atoms with Gasteiger partial charge < -0.3 is 0 Å². The third-order valence-corrected chi connectivity index (χ3v) is 8.50. The van der Waals surface area contributed by atoms with E-state index in [1.54, 1.807) is 43.5 Å². The van der Waals surface area contributed by atoms with Crippen LogP contribution in [0.25, 0.3) is 0 Å². The number of rotatable bonds is 3. The molecule has 0 aliphatic rings. The molecule has 1 atom stereocenters. The van der Waals surface area contributed by atoms with Crippen molar-refractivity contribution < 1.29 is 11.1 Å². The van der Waals surface area contributed by atoms with Crippen LogP contribution < -0.4 is 11.8 Å². The Morgan fingerprint density at radius 3 is 1.83 bits per heavy atom. The molecule has 0 radical (unpaired) electrons. The van der Waals surface area contributed by atoms with E-state index in [4.69, 9.17) is 4.74 Å². The van der Waals surface area contributed by atoms with Gasteiger partial charge in [-0.2, -0.15) is 0 Å². The van der Waals surface area contributed by atoms with Crippen LogP contribution in [0.15, 0.2) is 48.5 Å². The summed E-state index contributed by atoms with van der Waals surface area (Å²) in [4.78, 5) is 0. The first-order valence-electron chi connectivity index (χ1n) is 5.58. The van der Waals surface area contributed by atoms with E-state index in [1.165, 1.54) is 0 Å². The summed E-state index contributed by atoms with van der Waals surface area (Å²) in [7, 11) is 1.57. The molecule has 2 rings (SSSR count). The van der Waals surface area contributed by atoms with Crippen molar-refractivity contribution in [3.05, 3.63) is 54.1 Å². The molecular formula is C14H15O3Sb. The van der Waals surface area contributed by atoms with Crippen molar-refractivity contribution >= 4 is 26.2 Å². The summed E-state index contributed by atoms with van der Waals surface area (Å²) in [6.45, 7) is 1.95. The first kappa shape index (κ1) is 13.3. The fourth-order valence-corrected chi connectivity index (χ4v) is 5.69. The Morgan fingerprint density at radius 2 is 1.39 bits per heavy atom. The maximum atomic E-state index is 12.5. The molecule has 1 N–H and O–H groups in total. The van der Waals surface area contributed by atoms with Gasteiger partial charge in [0.25, 0.3) is 0 Å². The molecule has 0 aliphatic carbocycles. The number of hydrogen-bond donors (Lipinski definition) is 1. The molecule has 0 aliphatic heterocycles. The van der Waals surface area contributed by atoms with Gasteiger partial charge in [0.2, 0.25) is 0 Å². The van der Waals surface area contributed by atoms with Crippen molar-refractivity contribution in [1.82, 2.24) is 0 Å². The Bertz CT molecular complexity index is 573. The molecule has 0 heterocycles. The van der Waals surface area contributed by atoms with Crippen molar-refractivity contribution in [2.75, 3.05) is 7.11 Å². The van der Waals surface area contributed by atoms with Crippen molar-refractivity contribution in [3.63, 3.8) is 0 Å². The molecule has 2 aromatic rings. The van der Waals surface area contributed by atoms with Crippen LogP contribution in [0.3, 0.4) is 0 Å². The first-order valence-corrected chi connectivity index (χ1v) is 10.3. The molecule has 0 aromatic heterocycles. The van der Waals surface area contributed by atoms with E-state index in [-0.39, 0.29) is 0 Å². The van der Waals surface area contributed by atoms with Crippen molar-refractivity contribution in [2.24, 2.45) is 0 Å². The average Bonchev–Trinajstić information content (AvgIpc) is 2.39. The number of hydrogen-bond acceptors (Lipinski definition) is 2. The third-order valence-electron chi connectivity index (χ3n) is 2.81. The molecule has 94 valence electrons. The van der Waals surface area contributed by atoms with Gasteiger partial charge in [-0.1, -0.05) is 0 Å². The molecule has 0 amide bonds. The fraction of sp³-hybridized carbons (Fsp3) is 0.143. The normalized spacial score (nSPS) is 13.9. The molecule has 18 heavy (non-hydrogen) atoms. The van der Waals surface area contributed by atoms with Crippen LogP contribution >= 0.6 is 0 Å². The topological polar surface area (TPSA) is 46.5 Å². The quantitative estimate of drug-likeness (QED) is 0.838. The second-order valence-corrected chi connectivity index (χ2v) is 10.3. The average molecular weight is 353 g/mol. The van der Waals surface area contributed by atoms with Crippen LogP contribution in [-0.4, -0.2) is 29.7 Å².